The Morgan fingerprint density at radius 2 is 1.86 bits per heavy atom. The Labute approximate surface area is 183 Å². The molecule has 1 fully saturated rings. The van der Waals surface area contributed by atoms with Gasteiger partial charge in [-0.1, -0.05) is 24.3 Å². The predicted octanol–water partition coefficient (Wildman–Crippen LogP) is 2.23. The number of carbonyl (C=O) groups is 1. The van der Waals surface area contributed by atoms with Crippen LogP contribution in [0.15, 0.2) is 47.7 Å². The van der Waals surface area contributed by atoms with Gasteiger partial charge < -0.3 is 15.5 Å². The molecule has 3 rings (SSSR count). The van der Waals surface area contributed by atoms with Crippen LogP contribution >= 0.6 is 24.0 Å². The monoisotopic (exact) mass is 496 g/mol. The highest BCUT2D eigenvalue weighted by Gasteiger charge is 2.16. The van der Waals surface area contributed by atoms with Crippen molar-refractivity contribution in [3.63, 3.8) is 0 Å². The molecule has 0 spiro atoms. The first-order valence-corrected chi connectivity index (χ1v) is 9.53. The number of halogens is 1. The minimum absolute atomic E-state index is 0. The van der Waals surface area contributed by atoms with Gasteiger partial charge in [-0.15, -0.1) is 24.0 Å². The van der Waals surface area contributed by atoms with Crippen LogP contribution in [0.4, 0.5) is 0 Å². The zero-order valence-corrected chi connectivity index (χ0v) is 18.6. The molecular formula is C20H29IN6O. The van der Waals surface area contributed by atoms with E-state index in [2.05, 4.69) is 32.9 Å². The van der Waals surface area contributed by atoms with Gasteiger partial charge in [-0.05, 0) is 36.5 Å². The first-order chi connectivity index (χ1) is 13.3. The number of rotatable bonds is 6. The summed E-state index contributed by atoms with van der Waals surface area (Å²) in [4.78, 5) is 18.5. The van der Waals surface area contributed by atoms with Crippen molar-refractivity contribution in [1.29, 1.82) is 0 Å². The summed E-state index contributed by atoms with van der Waals surface area (Å²) in [6.07, 6.45) is 7.17. The van der Waals surface area contributed by atoms with Crippen molar-refractivity contribution in [3.8, 4) is 0 Å². The molecule has 2 aromatic rings. The molecule has 1 saturated heterocycles. The number of likely N-dealkylation sites (tertiary alicyclic amines) is 1. The maximum Gasteiger partial charge on any atom is 0.241 e. The fourth-order valence-corrected chi connectivity index (χ4v) is 3.27. The fraction of sp³-hybridized carbons (Fsp3) is 0.450. The summed E-state index contributed by atoms with van der Waals surface area (Å²) in [5.41, 5.74) is 2.38. The van der Waals surface area contributed by atoms with E-state index in [4.69, 9.17) is 0 Å². The number of carbonyl (C=O) groups excluding carboxylic acids is 1. The summed E-state index contributed by atoms with van der Waals surface area (Å²) < 4.78 is 1.91. The second-order valence-corrected chi connectivity index (χ2v) is 6.69. The Morgan fingerprint density at radius 3 is 2.54 bits per heavy atom. The van der Waals surface area contributed by atoms with Crippen molar-refractivity contribution in [2.24, 2.45) is 4.99 Å². The van der Waals surface area contributed by atoms with E-state index in [-0.39, 0.29) is 36.4 Å². The number of hydrogen-bond acceptors (Lipinski definition) is 3. The van der Waals surface area contributed by atoms with Crippen molar-refractivity contribution in [2.75, 3.05) is 26.7 Å². The first kappa shape index (κ1) is 22.2. The SMILES string of the molecule is CN=C(NCC(=O)N1CCCCC1)NCc1ccccc1Cn1cccn1.I. The highest BCUT2D eigenvalue weighted by Crippen LogP contribution is 2.10. The maximum atomic E-state index is 12.3. The van der Waals surface area contributed by atoms with Crippen LogP contribution < -0.4 is 10.6 Å². The lowest BCUT2D eigenvalue weighted by Crippen LogP contribution is -2.45. The van der Waals surface area contributed by atoms with E-state index in [1.54, 1.807) is 13.2 Å². The topological polar surface area (TPSA) is 74.6 Å². The number of hydrogen-bond donors (Lipinski definition) is 2. The molecule has 7 nitrogen and oxygen atoms in total. The second-order valence-electron chi connectivity index (χ2n) is 6.69. The van der Waals surface area contributed by atoms with Gasteiger partial charge in [-0.25, -0.2) is 0 Å². The van der Waals surface area contributed by atoms with Crippen molar-refractivity contribution >= 4 is 35.8 Å². The number of nitrogens with zero attached hydrogens (tertiary/aromatic N) is 4. The van der Waals surface area contributed by atoms with Gasteiger partial charge >= 0.3 is 0 Å². The van der Waals surface area contributed by atoms with E-state index in [0.717, 1.165) is 32.5 Å². The van der Waals surface area contributed by atoms with E-state index < -0.39 is 0 Å². The smallest absolute Gasteiger partial charge is 0.241 e. The molecule has 2 heterocycles. The molecule has 2 N–H and O–H groups in total. The van der Waals surface area contributed by atoms with E-state index >= 15 is 0 Å². The average molecular weight is 496 g/mol. The van der Waals surface area contributed by atoms with Gasteiger partial charge in [0.25, 0.3) is 0 Å². The van der Waals surface area contributed by atoms with Crippen LogP contribution in [0.1, 0.15) is 30.4 Å². The van der Waals surface area contributed by atoms with Gasteiger partial charge in [0.05, 0.1) is 13.1 Å². The lowest BCUT2D eigenvalue weighted by Gasteiger charge is -2.27. The van der Waals surface area contributed by atoms with Crippen molar-refractivity contribution in [1.82, 2.24) is 25.3 Å². The molecular weight excluding hydrogens is 467 g/mol. The van der Waals surface area contributed by atoms with E-state index in [0.29, 0.717) is 12.5 Å². The maximum absolute atomic E-state index is 12.3. The minimum Gasteiger partial charge on any atom is -0.352 e. The Hall–Kier alpha value is -2.10. The van der Waals surface area contributed by atoms with E-state index in [1.165, 1.54) is 17.5 Å². The Morgan fingerprint density at radius 1 is 1.11 bits per heavy atom. The van der Waals surface area contributed by atoms with Crippen LogP contribution in [-0.4, -0.2) is 53.2 Å². The number of benzene rings is 1. The number of amides is 1. The molecule has 0 saturated carbocycles. The number of guanidine groups is 1. The fourth-order valence-electron chi connectivity index (χ4n) is 3.27. The van der Waals surface area contributed by atoms with Gasteiger partial charge in [0.15, 0.2) is 5.96 Å². The van der Waals surface area contributed by atoms with Gasteiger partial charge in [-0.3, -0.25) is 14.5 Å². The minimum atomic E-state index is 0. The highest BCUT2D eigenvalue weighted by atomic mass is 127. The summed E-state index contributed by atoms with van der Waals surface area (Å²) in [5.74, 6) is 0.769. The van der Waals surface area contributed by atoms with E-state index in [1.807, 2.05) is 34.0 Å². The molecule has 1 amide bonds. The number of aromatic nitrogens is 2. The molecule has 0 radical (unpaired) electrons. The molecule has 1 aromatic carbocycles. The molecule has 1 aliphatic heterocycles. The molecule has 0 atom stereocenters. The van der Waals surface area contributed by atoms with Crippen LogP contribution in [0.5, 0.6) is 0 Å². The molecule has 1 aromatic heterocycles. The van der Waals surface area contributed by atoms with Crippen LogP contribution in [0.2, 0.25) is 0 Å². The van der Waals surface area contributed by atoms with Gasteiger partial charge in [0.2, 0.25) is 5.91 Å². The summed E-state index contributed by atoms with van der Waals surface area (Å²) in [6.45, 7) is 3.37. The summed E-state index contributed by atoms with van der Waals surface area (Å²) in [7, 11) is 1.72. The quantitative estimate of drug-likeness (QED) is 0.366. The van der Waals surface area contributed by atoms with Crippen molar-refractivity contribution in [2.45, 2.75) is 32.4 Å². The Balaban J connectivity index is 0.00000280. The van der Waals surface area contributed by atoms with Crippen LogP contribution in [-0.2, 0) is 17.9 Å². The predicted molar refractivity (Wildman–Crippen MR) is 122 cm³/mol. The molecule has 0 aliphatic carbocycles. The third-order valence-electron chi connectivity index (χ3n) is 4.80. The summed E-state index contributed by atoms with van der Waals surface area (Å²) in [5, 5.41) is 10.7. The molecule has 8 heteroatoms. The molecule has 152 valence electrons. The molecule has 0 bridgehead atoms. The standard InChI is InChI=1S/C20H28N6O.HI/c1-21-20(23-15-19(27)25-11-5-2-6-12-25)22-14-17-8-3-4-9-18(17)16-26-13-7-10-24-26;/h3-4,7-10,13H,2,5-6,11-12,14-16H2,1H3,(H2,21,22,23);1H. The molecule has 28 heavy (non-hydrogen) atoms. The largest absolute Gasteiger partial charge is 0.352 e. The van der Waals surface area contributed by atoms with Crippen molar-refractivity contribution < 1.29 is 4.79 Å². The van der Waals surface area contributed by atoms with Crippen molar-refractivity contribution in [3.05, 3.63) is 53.9 Å². The van der Waals surface area contributed by atoms with Gasteiger partial charge in [-0.2, -0.15) is 5.10 Å². The zero-order chi connectivity index (χ0) is 18.9. The van der Waals surface area contributed by atoms with Crippen LogP contribution in [0.25, 0.3) is 0 Å². The first-order valence-electron chi connectivity index (χ1n) is 9.53. The second kappa shape index (κ2) is 11.7. The normalized spacial score (nSPS) is 14.3. The van der Waals surface area contributed by atoms with Crippen LogP contribution in [0, 0.1) is 0 Å². The lowest BCUT2D eigenvalue weighted by atomic mass is 10.1. The zero-order valence-electron chi connectivity index (χ0n) is 16.3. The number of nitrogens with one attached hydrogen (secondary N) is 2. The van der Waals surface area contributed by atoms with Crippen LogP contribution in [0.3, 0.4) is 0 Å². The Kier molecular flexibility index (Phi) is 9.26. The summed E-state index contributed by atoms with van der Waals surface area (Å²) in [6, 6.07) is 10.2. The third-order valence-corrected chi connectivity index (χ3v) is 4.80. The highest BCUT2D eigenvalue weighted by molar-refractivity contribution is 14.0. The Bertz CT molecular complexity index is 756. The van der Waals surface area contributed by atoms with E-state index in [9.17, 15) is 4.79 Å². The average Bonchev–Trinajstić information content (AvgIpc) is 3.23. The van der Waals surface area contributed by atoms with Gasteiger partial charge in [0, 0.05) is 39.1 Å². The molecule has 1 aliphatic rings. The molecule has 0 unspecified atom stereocenters. The van der Waals surface area contributed by atoms with Gasteiger partial charge in [0.1, 0.15) is 0 Å². The number of piperidine rings is 1. The number of aliphatic imine (C=N–C) groups is 1. The third kappa shape index (κ3) is 6.50. The summed E-state index contributed by atoms with van der Waals surface area (Å²) >= 11 is 0. The lowest BCUT2D eigenvalue weighted by molar-refractivity contribution is -0.130.